The monoisotopic (exact) mass is 339 g/mol. The number of nitrogens with two attached hydrogens (primary N) is 3. The fraction of sp³-hybridized carbons (Fsp3) is 0.217. The Morgan fingerprint density at radius 2 is 0.846 bits per heavy atom. The summed E-state index contributed by atoms with van der Waals surface area (Å²) in [5, 5.41) is 0. The molecule has 3 aromatic carbocycles. The summed E-state index contributed by atoms with van der Waals surface area (Å²) in [5.74, 6) is 1.04. The summed E-state index contributed by atoms with van der Waals surface area (Å²) in [6.45, 7) is 2.44. The lowest BCUT2D eigenvalue weighted by Crippen LogP contribution is -2.23. The first-order valence-corrected chi connectivity index (χ1v) is 9.18. The summed E-state index contributed by atoms with van der Waals surface area (Å²) in [6, 6.07) is 19.3. The average Bonchev–Trinajstić information content (AvgIpc) is 3.10. The molecule has 0 radical (unpaired) electrons. The maximum atomic E-state index is 6.18. The van der Waals surface area contributed by atoms with E-state index in [1.807, 2.05) is 18.2 Å². The van der Waals surface area contributed by atoms with E-state index in [2.05, 4.69) is 43.3 Å². The Balaban J connectivity index is 1.78. The second-order valence-electron chi connectivity index (χ2n) is 8.33. The highest BCUT2D eigenvalue weighted by molar-refractivity contribution is 5.72. The first kappa shape index (κ1) is 14.3. The van der Waals surface area contributed by atoms with Gasteiger partial charge in [-0.05, 0) is 69.8 Å². The van der Waals surface area contributed by atoms with Gasteiger partial charge in [-0.1, -0.05) is 25.1 Å². The van der Waals surface area contributed by atoms with Gasteiger partial charge in [0, 0.05) is 40.2 Å². The van der Waals surface area contributed by atoms with Crippen LogP contribution in [0.25, 0.3) is 0 Å². The summed E-state index contributed by atoms with van der Waals surface area (Å²) in [5.41, 5.74) is 29.4. The van der Waals surface area contributed by atoms with Crippen molar-refractivity contribution in [2.75, 3.05) is 17.2 Å². The molecular weight excluding hydrogens is 318 g/mol. The molecule has 6 N–H and O–H groups in total. The van der Waals surface area contributed by atoms with Gasteiger partial charge >= 0.3 is 0 Å². The predicted molar refractivity (Wildman–Crippen MR) is 106 cm³/mol. The van der Waals surface area contributed by atoms with Crippen molar-refractivity contribution in [2.45, 2.75) is 24.7 Å². The van der Waals surface area contributed by atoms with Crippen LogP contribution in [-0.4, -0.2) is 0 Å². The van der Waals surface area contributed by atoms with Crippen LogP contribution in [0.3, 0.4) is 0 Å². The highest BCUT2D eigenvalue weighted by Crippen LogP contribution is 2.76. The molecule has 3 aromatic rings. The lowest BCUT2D eigenvalue weighted by molar-refractivity contribution is 0.288. The van der Waals surface area contributed by atoms with Gasteiger partial charge in [0.1, 0.15) is 0 Å². The molecule has 0 saturated heterocycles. The van der Waals surface area contributed by atoms with Crippen molar-refractivity contribution < 1.29 is 0 Å². The topological polar surface area (TPSA) is 78.1 Å². The van der Waals surface area contributed by atoms with Crippen LogP contribution in [0.2, 0.25) is 0 Å². The van der Waals surface area contributed by atoms with E-state index in [0.29, 0.717) is 17.8 Å². The number of hydrogen-bond acceptors (Lipinski definition) is 3. The van der Waals surface area contributed by atoms with Gasteiger partial charge in [0.2, 0.25) is 0 Å². The molecule has 3 nitrogen and oxygen atoms in total. The van der Waals surface area contributed by atoms with Gasteiger partial charge in [0.15, 0.2) is 0 Å². The predicted octanol–water partition coefficient (Wildman–Crippen LogP) is 4.18. The quantitative estimate of drug-likeness (QED) is 0.538. The van der Waals surface area contributed by atoms with Crippen LogP contribution in [-0.2, 0) is 0 Å². The number of nitrogen functional groups attached to an aromatic ring is 3. The van der Waals surface area contributed by atoms with Crippen molar-refractivity contribution in [3.63, 3.8) is 0 Å². The number of anilines is 3. The van der Waals surface area contributed by atoms with E-state index in [-0.39, 0.29) is 5.41 Å². The van der Waals surface area contributed by atoms with Crippen molar-refractivity contribution in [3.8, 4) is 0 Å². The molecule has 4 unspecified atom stereocenters. The zero-order chi connectivity index (χ0) is 17.8. The van der Waals surface area contributed by atoms with Gasteiger partial charge in [-0.25, -0.2) is 0 Å². The van der Waals surface area contributed by atoms with Crippen LogP contribution in [0.1, 0.15) is 58.1 Å². The molecule has 3 heteroatoms. The van der Waals surface area contributed by atoms with Crippen LogP contribution < -0.4 is 17.2 Å². The van der Waals surface area contributed by atoms with Crippen LogP contribution in [0.15, 0.2) is 54.6 Å². The summed E-state index contributed by atoms with van der Waals surface area (Å²) in [7, 11) is 0. The summed E-state index contributed by atoms with van der Waals surface area (Å²) >= 11 is 0. The Labute approximate surface area is 152 Å². The number of fused-ring (bicyclic) bond motifs is 9. The van der Waals surface area contributed by atoms with Crippen LogP contribution in [0, 0.1) is 5.41 Å². The van der Waals surface area contributed by atoms with E-state index < -0.39 is 0 Å². The minimum absolute atomic E-state index is 0.0718. The Morgan fingerprint density at radius 1 is 0.538 bits per heavy atom. The molecule has 0 bridgehead atoms. The summed E-state index contributed by atoms with van der Waals surface area (Å²) in [4.78, 5) is 0. The summed E-state index contributed by atoms with van der Waals surface area (Å²) in [6.07, 6.45) is 0. The average molecular weight is 339 g/mol. The van der Waals surface area contributed by atoms with Gasteiger partial charge in [0.25, 0.3) is 0 Å². The molecule has 26 heavy (non-hydrogen) atoms. The molecule has 0 aliphatic heterocycles. The molecule has 128 valence electrons. The lowest BCUT2D eigenvalue weighted by atomic mass is 9.70. The van der Waals surface area contributed by atoms with E-state index >= 15 is 0 Å². The number of hydrogen-bond donors (Lipinski definition) is 3. The minimum Gasteiger partial charge on any atom is -0.399 e. The zero-order valence-corrected chi connectivity index (χ0v) is 14.7. The second kappa shape index (κ2) is 4.24. The van der Waals surface area contributed by atoms with E-state index in [0.717, 1.165) is 17.1 Å². The molecule has 4 atom stereocenters. The summed E-state index contributed by atoms with van der Waals surface area (Å²) < 4.78 is 0. The van der Waals surface area contributed by atoms with Crippen LogP contribution >= 0.6 is 0 Å². The molecule has 0 aromatic heterocycles. The van der Waals surface area contributed by atoms with E-state index in [1.54, 1.807) is 0 Å². The minimum atomic E-state index is 0.0718. The first-order valence-electron chi connectivity index (χ1n) is 9.18. The van der Waals surface area contributed by atoms with E-state index in [9.17, 15) is 0 Å². The zero-order valence-electron chi connectivity index (χ0n) is 14.7. The van der Waals surface area contributed by atoms with Gasteiger partial charge in [-0.3, -0.25) is 0 Å². The molecule has 0 saturated carbocycles. The number of rotatable bonds is 0. The van der Waals surface area contributed by atoms with Gasteiger partial charge in [-0.2, -0.15) is 0 Å². The fourth-order valence-corrected chi connectivity index (χ4v) is 6.33. The second-order valence-corrected chi connectivity index (χ2v) is 8.33. The lowest BCUT2D eigenvalue weighted by Gasteiger charge is -2.31. The Hall–Kier alpha value is -2.94. The molecule has 0 heterocycles. The molecule has 0 amide bonds. The maximum Gasteiger partial charge on any atom is 0.0317 e. The Bertz CT molecular complexity index is 1120. The van der Waals surface area contributed by atoms with Crippen LogP contribution in [0.5, 0.6) is 0 Å². The molecule has 3 aliphatic rings. The van der Waals surface area contributed by atoms with E-state index in [1.165, 1.54) is 33.4 Å². The molecule has 3 aliphatic carbocycles. The van der Waals surface area contributed by atoms with Crippen molar-refractivity contribution in [1.82, 2.24) is 0 Å². The van der Waals surface area contributed by atoms with Gasteiger partial charge in [-0.15, -0.1) is 0 Å². The normalized spacial score (nSPS) is 29.2. The highest BCUT2D eigenvalue weighted by atomic mass is 14.7. The third kappa shape index (κ3) is 1.39. The smallest absolute Gasteiger partial charge is 0.0317 e. The molecule has 0 spiro atoms. The molecular formula is C23H21N3. The fourth-order valence-electron chi connectivity index (χ4n) is 6.33. The van der Waals surface area contributed by atoms with Crippen molar-refractivity contribution in [2.24, 2.45) is 5.41 Å². The Morgan fingerprint density at radius 3 is 1.23 bits per heavy atom. The van der Waals surface area contributed by atoms with Gasteiger partial charge in [0.05, 0.1) is 0 Å². The van der Waals surface area contributed by atoms with Crippen LogP contribution in [0.4, 0.5) is 17.1 Å². The third-order valence-corrected chi connectivity index (χ3v) is 7.06. The SMILES string of the molecule is CC12C3c4ccc(N)cc4C1c1ccc(N)cc1C2c1cc(N)ccc13. The first-order chi connectivity index (χ1) is 12.5. The van der Waals surface area contributed by atoms with Crippen molar-refractivity contribution in [1.29, 1.82) is 0 Å². The third-order valence-electron chi connectivity index (χ3n) is 7.06. The number of benzene rings is 3. The van der Waals surface area contributed by atoms with Crippen molar-refractivity contribution in [3.05, 3.63) is 88.0 Å². The van der Waals surface area contributed by atoms with E-state index in [4.69, 9.17) is 17.2 Å². The molecule has 6 rings (SSSR count). The highest BCUT2D eigenvalue weighted by Gasteiger charge is 2.64. The maximum absolute atomic E-state index is 6.18. The largest absolute Gasteiger partial charge is 0.399 e. The van der Waals surface area contributed by atoms with Crippen molar-refractivity contribution >= 4 is 17.1 Å². The standard InChI is InChI=1S/C23H21N3/c1-23-20-14-5-2-11(24)8-17(14)21(23)16-7-4-13(26)10-19(16)22(23)18-9-12(25)3-6-15(18)20/h2-10,20-22H,24-26H2,1H3. The van der Waals surface area contributed by atoms with Gasteiger partial charge < -0.3 is 17.2 Å². The molecule has 0 fully saturated rings. The Kier molecular flexibility index (Phi) is 2.32.